The normalized spacial score (nSPS) is 11.8. The molecule has 102 valence electrons. The summed E-state index contributed by atoms with van der Waals surface area (Å²) in [6, 6.07) is 1.42. The van der Waals surface area contributed by atoms with Crippen molar-refractivity contribution in [2.75, 3.05) is 25.5 Å². The largest absolute Gasteiger partial charge is 0.369 e. The molecule has 0 aliphatic heterocycles. The van der Waals surface area contributed by atoms with E-state index in [0.29, 0.717) is 23.9 Å². The zero-order chi connectivity index (χ0) is 13.8. The molecule has 0 saturated carbocycles. The van der Waals surface area contributed by atoms with E-state index in [1.807, 2.05) is 13.8 Å². The van der Waals surface area contributed by atoms with Gasteiger partial charge in [0.15, 0.2) is 0 Å². The van der Waals surface area contributed by atoms with Gasteiger partial charge in [-0.25, -0.2) is 17.7 Å². The Kier molecular flexibility index (Phi) is 5.37. The molecule has 0 aromatic carbocycles. The Bertz CT molecular complexity index is 505. The summed E-state index contributed by atoms with van der Waals surface area (Å²) in [5, 5.41) is 3.27. The zero-order valence-electron chi connectivity index (χ0n) is 10.8. The van der Waals surface area contributed by atoms with E-state index in [-0.39, 0.29) is 4.90 Å². The molecule has 1 aromatic rings. The zero-order valence-corrected chi connectivity index (χ0v) is 12.3. The number of hydrogen-bond acceptors (Lipinski definition) is 4. The fourth-order valence-electron chi connectivity index (χ4n) is 1.47. The number of sulfonamides is 1. The molecule has 0 saturated heterocycles. The molecule has 0 fully saturated rings. The van der Waals surface area contributed by atoms with E-state index < -0.39 is 10.0 Å². The summed E-state index contributed by atoms with van der Waals surface area (Å²) in [5.74, 6) is 0.497. The van der Waals surface area contributed by atoms with Gasteiger partial charge in [-0.05, 0) is 19.4 Å². The SMILES string of the molecule is CCCN(C)S(=O)(=O)c1cnc(NCC)c(Cl)c1. The minimum atomic E-state index is -3.50. The molecule has 0 aliphatic rings. The molecule has 0 atom stereocenters. The summed E-state index contributed by atoms with van der Waals surface area (Å²) in [6.45, 7) is 4.98. The highest BCUT2D eigenvalue weighted by Gasteiger charge is 2.21. The summed E-state index contributed by atoms with van der Waals surface area (Å²) < 4.78 is 25.6. The van der Waals surface area contributed by atoms with Crippen LogP contribution >= 0.6 is 11.6 Å². The second-order valence-electron chi connectivity index (χ2n) is 3.86. The standard InChI is InChI=1S/C11H18ClN3O2S/c1-4-6-15(3)18(16,17)9-7-10(12)11(13-5-2)14-8-9/h7-8H,4-6H2,1-3H3,(H,13,14). The van der Waals surface area contributed by atoms with Crippen LogP contribution in [-0.4, -0.2) is 37.8 Å². The van der Waals surface area contributed by atoms with Gasteiger partial charge in [0.05, 0.1) is 5.02 Å². The third-order valence-electron chi connectivity index (χ3n) is 2.41. The molecule has 1 N–H and O–H groups in total. The molecule has 1 rings (SSSR count). The summed E-state index contributed by atoms with van der Waals surface area (Å²) in [6.07, 6.45) is 2.08. The lowest BCUT2D eigenvalue weighted by Crippen LogP contribution is -2.27. The van der Waals surface area contributed by atoms with Crippen LogP contribution in [0.1, 0.15) is 20.3 Å². The van der Waals surface area contributed by atoms with E-state index in [2.05, 4.69) is 10.3 Å². The molecule has 7 heteroatoms. The number of halogens is 1. The predicted octanol–water partition coefficient (Wildman–Crippen LogP) is 2.20. The third-order valence-corrected chi connectivity index (χ3v) is 4.52. The highest BCUT2D eigenvalue weighted by Crippen LogP contribution is 2.23. The van der Waals surface area contributed by atoms with Gasteiger partial charge in [-0.2, -0.15) is 0 Å². The van der Waals surface area contributed by atoms with Gasteiger partial charge in [-0.3, -0.25) is 0 Å². The predicted molar refractivity (Wildman–Crippen MR) is 73.5 cm³/mol. The molecular weight excluding hydrogens is 274 g/mol. The molecule has 0 unspecified atom stereocenters. The Morgan fingerprint density at radius 2 is 2.11 bits per heavy atom. The fourth-order valence-corrected chi connectivity index (χ4v) is 3.01. The van der Waals surface area contributed by atoms with Gasteiger partial charge in [-0.15, -0.1) is 0 Å². The highest BCUT2D eigenvalue weighted by molar-refractivity contribution is 7.89. The maximum atomic E-state index is 12.2. The van der Waals surface area contributed by atoms with Gasteiger partial charge in [0.2, 0.25) is 10.0 Å². The van der Waals surface area contributed by atoms with Crippen LogP contribution in [0.4, 0.5) is 5.82 Å². The summed E-state index contributed by atoms with van der Waals surface area (Å²) in [4.78, 5) is 4.14. The summed E-state index contributed by atoms with van der Waals surface area (Å²) >= 11 is 5.99. The number of nitrogens with one attached hydrogen (secondary N) is 1. The van der Waals surface area contributed by atoms with Gasteiger partial charge in [0.25, 0.3) is 0 Å². The fraction of sp³-hybridized carbons (Fsp3) is 0.545. The van der Waals surface area contributed by atoms with Crippen molar-refractivity contribution in [3.8, 4) is 0 Å². The van der Waals surface area contributed by atoms with Crippen LogP contribution < -0.4 is 5.32 Å². The minimum absolute atomic E-state index is 0.116. The van der Waals surface area contributed by atoms with Crippen LogP contribution in [0.15, 0.2) is 17.2 Å². The van der Waals surface area contributed by atoms with E-state index in [1.165, 1.54) is 16.6 Å². The Labute approximate surface area is 113 Å². The van der Waals surface area contributed by atoms with E-state index in [1.54, 1.807) is 7.05 Å². The smallest absolute Gasteiger partial charge is 0.244 e. The molecule has 1 heterocycles. The molecule has 0 amide bonds. The lowest BCUT2D eigenvalue weighted by molar-refractivity contribution is 0.468. The van der Waals surface area contributed by atoms with E-state index in [0.717, 1.165) is 6.42 Å². The molecule has 0 bridgehead atoms. The average molecular weight is 292 g/mol. The van der Waals surface area contributed by atoms with Crippen molar-refractivity contribution in [2.45, 2.75) is 25.2 Å². The topological polar surface area (TPSA) is 62.3 Å². The third kappa shape index (κ3) is 3.34. The first kappa shape index (κ1) is 15.2. The molecule has 0 aliphatic carbocycles. The maximum absolute atomic E-state index is 12.2. The number of anilines is 1. The molecule has 0 radical (unpaired) electrons. The van der Waals surface area contributed by atoms with Gasteiger partial charge in [0, 0.05) is 26.3 Å². The van der Waals surface area contributed by atoms with E-state index in [9.17, 15) is 8.42 Å². The van der Waals surface area contributed by atoms with Crippen molar-refractivity contribution in [1.29, 1.82) is 0 Å². The quantitative estimate of drug-likeness (QED) is 0.873. The van der Waals surface area contributed by atoms with Crippen molar-refractivity contribution in [3.63, 3.8) is 0 Å². The Morgan fingerprint density at radius 3 is 2.61 bits per heavy atom. The Balaban J connectivity index is 3.07. The average Bonchev–Trinajstić information content (AvgIpc) is 2.32. The lowest BCUT2D eigenvalue weighted by Gasteiger charge is -2.16. The van der Waals surface area contributed by atoms with E-state index in [4.69, 9.17) is 11.6 Å². The molecule has 0 spiro atoms. The number of hydrogen-bond donors (Lipinski definition) is 1. The van der Waals surface area contributed by atoms with Crippen molar-refractivity contribution < 1.29 is 8.42 Å². The van der Waals surface area contributed by atoms with Gasteiger partial charge in [0.1, 0.15) is 10.7 Å². The van der Waals surface area contributed by atoms with Gasteiger partial charge in [-0.1, -0.05) is 18.5 Å². The first-order valence-corrected chi connectivity index (χ1v) is 7.61. The van der Waals surface area contributed by atoms with Gasteiger partial charge >= 0.3 is 0 Å². The maximum Gasteiger partial charge on any atom is 0.244 e. The number of aromatic nitrogens is 1. The second kappa shape index (κ2) is 6.36. The van der Waals surface area contributed by atoms with Crippen LogP contribution in [0.2, 0.25) is 5.02 Å². The first-order chi connectivity index (χ1) is 8.43. The minimum Gasteiger partial charge on any atom is -0.369 e. The first-order valence-electron chi connectivity index (χ1n) is 5.79. The number of rotatable bonds is 6. The highest BCUT2D eigenvalue weighted by atomic mass is 35.5. The second-order valence-corrected chi connectivity index (χ2v) is 6.31. The van der Waals surface area contributed by atoms with E-state index >= 15 is 0 Å². The molecule has 5 nitrogen and oxygen atoms in total. The summed E-state index contributed by atoms with van der Waals surface area (Å²) in [5.41, 5.74) is 0. The van der Waals surface area contributed by atoms with Crippen molar-refractivity contribution in [3.05, 3.63) is 17.3 Å². The van der Waals surface area contributed by atoms with Crippen LogP contribution in [-0.2, 0) is 10.0 Å². The lowest BCUT2D eigenvalue weighted by atomic mass is 10.4. The van der Waals surface area contributed by atoms with Crippen LogP contribution in [0.5, 0.6) is 0 Å². The summed E-state index contributed by atoms with van der Waals surface area (Å²) in [7, 11) is -1.95. The number of pyridine rings is 1. The monoisotopic (exact) mass is 291 g/mol. The number of nitrogens with zero attached hydrogens (tertiary/aromatic N) is 2. The Hall–Kier alpha value is -0.850. The van der Waals surface area contributed by atoms with Crippen molar-refractivity contribution in [1.82, 2.24) is 9.29 Å². The Morgan fingerprint density at radius 1 is 1.44 bits per heavy atom. The van der Waals surface area contributed by atoms with Gasteiger partial charge < -0.3 is 5.32 Å². The van der Waals surface area contributed by atoms with Crippen molar-refractivity contribution in [2.24, 2.45) is 0 Å². The van der Waals surface area contributed by atoms with Crippen molar-refractivity contribution >= 4 is 27.4 Å². The van der Waals surface area contributed by atoms with Crippen LogP contribution in [0, 0.1) is 0 Å². The molecule has 1 aromatic heterocycles. The van der Waals surface area contributed by atoms with Crippen LogP contribution in [0.3, 0.4) is 0 Å². The molecular formula is C11H18ClN3O2S. The van der Waals surface area contributed by atoms with Crippen LogP contribution in [0.25, 0.3) is 0 Å². The molecule has 18 heavy (non-hydrogen) atoms.